The zero-order valence-electron chi connectivity index (χ0n) is 12.5. The van der Waals surface area contributed by atoms with Crippen molar-refractivity contribution in [2.24, 2.45) is 7.05 Å². The van der Waals surface area contributed by atoms with Crippen LogP contribution in [0.4, 0.5) is 11.5 Å². The SMILES string of the molecule is Cc1cnc(CNc2ccc(N3CCOCC3)nc2)n1C. The van der Waals surface area contributed by atoms with Crippen molar-refractivity contribution in [3.05, 3.63) is 36.0 Å². The molecule has 2 aromatic heterocycles. The Balaban J connectivity index is 1.60. The summed E-state index contributed by atoms with van der Waals surface area (Å²) in [6, 6.07) is 4.12. The first kappa shape index (κ1) is 13.9. The summed E-state index contributed by atoms with van der Waals surface area (Å²) in [4.78, 5) is 11.1. The molecule has 112 valence electrons. The zero-order chi connectivity index (χ0) is 14.7. The quantitative estimate of drug-likeness (QED) is 0.925. The predicted molar refractivity (Wildman–Crippen MR) is 82.5 cm³/mol. The van der Waals surface area contributed by atoms with Crippen molar-refractivity contribution < 1.29 is 4.74 Å². The number of aromatic nitrogens is 3. The number of nitrogens with one attached hydrogen (secondary N) is 1. The molecule has 1 aliphatic heterocycles. The van der Waals surface area contributed by atoms with Crippen LogP contribution in [-0.4, -0.2) is 40.8 Å². The highest BCUT2D eigenvalue weighted by Gasteiger charge is 2.12. The van der Waals surface area contributed by atoms with Crippen LogP contribution < -0.4 is 10.2 Å². The van der Waals surface area contributed by atoms with E-state index in [-0.39, 0.29) is 0 Å². The Kier molecular flexibility index (Phi) is 4.06. The number of hydrogen-bond acceptors (Lipinski definition) is 5. The molecule has 0 amide bonds. The summed E-state index contributed by atoms with van der Waals surface area (Å²) in [7, 11) is 2.03. The first-order chi connectivity index (χ1) is 10.2. The van der Waals surface area contributed by atoms with Crippen LogP contribution in [0.1, 0.15) is 11.5 Å². The maximum atomic E-state index is 5.35. The van der Waals surface area contributed by atoms with Crippen LogP contribution in [0.15, 0.2) is 24.5 Å². The standard InChI is InChI=1S/C15H21N5O/c1-12-9-17-15(19(12)2)11-16-13-3-4-14(18-10-13)20-5-7-21-8-6-20/h3-4,9-10,16H,5-8,11H2,1-2H3. The van der Waals surface area contributed by atoms with Crippen LogP contribution in [0.25, 0.3) is 0 Å². The lowest BCUT2D eigenvalue weighted by molar-refractivity contribution is 0.122. The molecule has 0 aromatic carbocycles. The second kappa shape index (κ2) is 6.13. The summed E-state index contributed by atoms with van der Waals surface area (Å²) in [6.45, 7) is 6.12. The Labute approximate surface area is 124 Å². The molecule has 0 saturated carbocycles. The molecule has 1 fully saturated rings. The van der Waals surface area contributed by atoms with Gasteiger partial charge in [0.2, 0.25) is 0 Å². The highest BCUT2D eigenvalue weighted by molar-refractivity contribution is 5.48. The maximum Gasteiger partial charge on any atom is 0.128 e. The largest absolute Gasteiger partial charge is 0.378 e. The van der Waals surface area contributed by atoms with Gasteiger partial charge in [0.1, 0.15) is 11.6 Å². The first-order valence-electron chi connectivity index (χ1n) is 7.24. The molecule has 2 aromatic rings. The molecule has 6 nitrogen and oxygen atoms in total. The van der Waals surface area contributed by atoms with Crippen molar-refractivity contribution in [3.63, 3.8) is 0 Å². The van der Waals surface area contributed by atoms with Gasteiger partial charge in [0.05, 0.1) is 31.6 Å². The molecule has 0 radical (unpaired) electrons. The lowest BCUT2D eigenvalue weighted by Crippen LogP contribution is -2.36. The second-order valence-corrected chi connectivity index (χ2v) is 5.23. The third-order valence-corrected chi connectivity index (χ3v) is 3.85. The fraction of sp³-hybridized carbons (Fsp3) is 0.467. The van der Waals surface area contributed by atoms with E-state index in [1.807, 2.05) is 19.4 Å². The summed E-state index contributed by atoms with van der Waals surface area (Å²) in [6.07, 6.45) is 3.76. The summed E-state index contributed by atoms with van der Waals surface area (Å²) >= 11 is 0. The third-order valence-electron chi connectivity index (χ3n) is 3.85. The minimum absolute atomic E-state index is 0.697. The smallest absolute Gasteiger partial charge is 0.128 e. The molecular formula is C15H21N5O. The molecule has 0 unspecified atom stereocenters. The van der Waals surface area contributed by atoms with Crippen LogP contribution >= 0.6 is 0 Å². The minimum Gasteiger partial charge on any atom is -0.378 e. The van der Waals surface area contributed by atoms with E-state index in [4.69, 9.17) is 4.74 Å². The molecule has 0 spiro atoms. The number of morpholine rings is 1. The van der Waals surface area contributed by atoms with E-state index >= 15 is 0 Å². The van der Waals surface area contributed by atoms with Gasteiger partial charge in [0.25, 0.3) is 0 Å². The summed E-state index contributed by atoms with van der Waals surface area (Å²) in [5.74, 6) is 2.03. The molecule has 1 saturated heterocycles. The van der Waals surface area contributed by atoms with Crippen molar-refractivity contribution in [2.75, 3.05) is 36.5 Å². The van der Waals surface area contributed by atoms with Gasteiger partial charge in [0, 0.05) is 32.0 Å². The van der Waals surface area contributed by atoms with Gasteiger partial charge >= 0.3 is 0 Å². The lowest BCUT2D eigenvalue weighted by atomic mass is 10.3. The second-order valence-electron chi connectivity index (χ2n) is 5.23. The van der Waals surface area contributed by atoms with Crippen molar-refractivity contribution in [1.29, 1.82) is 0 Å². The Morgan fingerprint density at radius 2 is 2.00 bits per heavy atom. The van der Waals surface area contributed by atoms with Crippen LogP contribution in [0.2, 0.25) is 0 Å². The summed E-state index contributed by atoms with van der Waals surface area (Å²) in [5.41, 5.74) is 2.17. The number of rotatable bonds is 4. The topological polar surface area (TPSA) is 55.2 Å². The predicted octanol–water partition coefficient (Wildman–Crippen LogP) is 1.57. The number of hydrogen-bond donors (Lipinski definition) is 1. The Bertz CT molecular complexity index is 587. The van der Waals surface area contributed by atoms with Gasteiger partial charge < -0.3 is 19.5 Å². The van der Waals surface area contributed by atoms with E-state index in [1.165, 1.54) is 0 Å². The van der Waals surface area contributed by atoms with E-state index in [1.54, 1.807) is 0 Å². The molecule has 21 heavy (non-hydrogen) atoms. The number of aryl methyl sites for hydroxylation is 1. The number of pyridine rings is 1. The Morgan fingerprint density at radius 1 is 1.19 bits per heavy atom. The monoisotopic (exact) mass is 287 g/mol. The third kappa shape index (κ3) is 3.16. The van der Waals surface area contributed by atoms with Gasteiger partial charge in [-0.3, -0.25) is 0 Å². The zero-order valence-corrected chi connectivity index (χ0v) is 12.5. The van der Waals surface area contributed by atoms with E-state index < -0.39 is 0 Å². The maximum absolute atomic E-state index is 5.35. The highest BCUT2D eigenvalue weighted by Crippen LogP contribution is 2.16. The average molecular weight is 287 g/mol. The minimum atomic E-state index is 0.697. The molecule has 3 rings (SSSR count). The van der Waals surface area contributed by atoms with Gasteiger partial charge in [-0.25, -0.2) is 9.97 Å². The molecule has 0 bridgehead atoms. The van der Waals surface area contributed by atoms with Crippen LogP contribution in [-0.2, 0) is 18.3 Å². The molecule has 0 aliphatic carbocycles. The van der Waals surface area contributed by atoms with Crippen LogP contribution in [0.5, 0.6) is 0 Å². The molecule has 1 N–H and O–H groups in total. The Morgan fingerprint density at radius 3 is 2.62 bits per heavy atom. The van der Waals surface area contributed by atoms with Gasteiger partial charge in [-0.15, -0.1) is 0 Å². The van der Waals surface area contributed by atoms with Crippen LogP contribution in [0.3, 0.4) is 0 Å². The van der Waals surface area contributed by atoms with Crippen LogP contribution in [0, 0.1) is 6.92 Å². The normalized spacial score (nSPS) is 15.2. The summed E-state index contributed by atoms with van der Waals surface area (Å²) in [5, 5.41) is 3.36. The average Bonchev–Trinajstić information content (AvgIpc) is 2.86. The fourth-order valence-corrected chi connectivity index (χ4v) is 2.36. The molecule has 3 heterocycles. The van der Waals surface area contributed by atoms with E-state index in [2.05, 4.69) is 43.8 Å². The van der Waals surface area contributed by atoms with Crippen molar-refractivity contribution >= 4 is 11.5 Å². The van der Waals surface area contributed by atoms with E-state index in [9.17, 15) is 0 Å². The van der Waals surface area contributed by atoms with E-state index in [0.717, 1.165) is 49.3 Å². The van der Waals surface area contributed by atoms with Gasteiger partial charge in [-0.1, -0.05) is 0 Å². The number of nitrogens with zero attached hydrogens (tertiary/aromatic N) is 4. The Hall–Kier alpha value is -2.08. The lowest BCUT2D eigenvalue weighted by Gasteiger charge is -2.27. The number of anilines is 2. The molecule has 1 aliphatic rings. The fourth-order valence-electron chi connectivity index (χ4n) is 2.36. The van der Waals surface area contributed by atoms with E-state index in [0.29, 0.717) is 6.54 Å². The van der Waals surface area contributed by atoms with Gasteiger partial charge in [0.15, 0.2) is 0 Å². The van der Waals surface area contributed by atoms with Crippen molar-refractivity contribution in [3.8, 4) is 0 Å². The van der Waals surface area contributed by atoms with Gasteiger partial charge in [-0.2, -0.15) is 0 Å². The first-order valence-corrected chi connectivity index (χ1v) is 7.24. The highest BCUT2D eigenvalue weighted by atomic mass is 16.5. The molecule has 0 atom stereocenters. The summed E-state index contributed by atoms with van der Waals surface area (Å²) < 4.78 is 7.44. The number of imidazole rings is 1. The molecule has 6 heteroatoms. The van der Waals surface area contributed by atoms with Gasteiger partial charge in [-0.05, 0) is 19.1 Å². The van der Waals surface area contributed by atoms with Crippen molar-refractivity contribution in [1.82, 2.24) is 14.5 Å². The molecular weight excluding hydrogens is 266 g/mol. The number of ether oxygens (including phenoxy) is 1. The van der Waals surface area contributed by atoms with Crippen molar-refractivity contribution in [2.45, 2.75) is 13.5 Å².